The van der Waals surface area contributed by atoms with Crippen LogP contribution in [0.3, 0.4) is 0 Å². The summed E-state index contributed by atoms with van der Waals surface area (Å²) in [6, 6.07) is 6.97. The monoisotopic (exact) mass is 472 g/mol. The summed E-state index contributed by atoms with van der Waals surface area (Å²) in [5, 5.41) is 15.2. The molecule has 14 nitrogen and oxygen atoms in total. The quantitative estimate of drug-likeness (QED) is 0.321. The van der Waals surface area contributed by atoms with Crippen LogP contribution < -0.4 is 0 Å². The van der Waals surface area contributed by atoms with Gasteiger partial charge in [-0.15, -0.1) is 10.2 Å². The van der Waals surface area contributed by atoms with Gasteiger partial charge in [-0.3, -0.25) is 0 Å². The molecule has 34 heavy (non-hydrogen) atoms. The molecule has 3 aromatic rings. The summed E-state index contributed by atoms with van der Waals surface area (Å²) in [5.41, 5.74) is 0.649. The van der Waals surface area contributed by atoms with E-state index in [0.717, 1.165) is 25.3 Å². The molecule has 3 rings (SSSR count). The van der Waals surface area contributed by atoms with E-state index >= 15 is 0 Å². The zero-order valence-corrected chi connectivity index (χ0v) is 18.7. The van der Waals surface area contributed by atoms with Gasteiger partial charge in [0.1, 0.15) is 0 Å². The zero-order chi connectivity index (χ0) is 24.8. The fourth-order valence-electron chi connectivity index (χ4n) is 3.01. The zero-order valence-electron chi connectivity index (χ0n) is 18.7. The molecule has 0 bridgehead atoms. The van der Waals surface area contributed by atoms with Gasteiger partial charge >= 0.3 is 23.9 Å². The van der Waals surface area contributed by atoms with Crippen molar-refractivity contribution in [1.82, 2.24) is 30.0 Å². The molecule has 0 radical (unpaired) electrons. The average Bonchev–Trinajstić information content (AvgIpc) is 3.47. The van der Waals surface area contributed by atoms with Crippen LogP contribution in [-0.4, -0.2) is 82.3 Å². The third kappa shape index (κ3) is 4.74. The smallest absolute Gasteiger partial charge is 0.361 e. The van der Waals surface area contributed by atoms with Crippen molar-refractivity contribution in [2.75, 3.05) is 28.4 Å². The number of aromatic nitrogens is 6. The van der Waals surface area contributed by atoms with Crippen molar-refractivity contribution < 1.29 is 38.1 Å². The van der Waals surface area contributed by atoms with E-state index in [4.69, 9.17) is 9.47 Å². The van der Waals surface area contributed by atoms with Crippen LogP contribution in [0.4, 0.5) is 0 Å². The molecule has 0 aliphatic carbocycles. The van der Waals surface area contributed by atoms with E-state index in [9.17, 15) is 19.2 Å². The molecule has 1 aromatic carbocycles. The normalized spacial score (nSPS) is 10.5. The molecular weight excluding hydrogens is 452 g/mol. The Balaban J connectivity index is 1.84. The second kappa shape index (κ2) is 10.3. The lowest BCUT2D eigenvalue weighted by molar-refractivity contribution is 0.0543. The summed E-state index contributed by atoms with van der Waals surface area (Å²) in [6.45, 7) is 0.218. The Labute approximate surface area is 192 Å². The van der Waals surface area contributed by atoms with E-state index in [1.54, 1.807) is 24.3 Å². The number of nitrogens with zero attached hydrogens (tertiary/aromatic N) is 6. The highest BCUT2D eigenvalue weighted by atomic mass is 16.5. The molecule has 0 fully saturated rings. The SMILES string of the molecule is COC(=O)c1nnn(Cc2ccc(Cn3nnc(C(=O)OC)c3C(=O)OC)cc2)c1C(=O)OC. The summed E-state index contributed by atoms with van der Waals surface area (Å²) in [7, 11) is 4.67. The maximum atomic E-state index is 12.2. The van der Waals surface area contributed by atoms with Gasteiger partial charge in [0.2, 0.25) is 11.4 Å². The van der Waals surface area contributed by atoms with Crippen LogP contribution >= 0.6 is 0 Å². The Morgan fingerprint density at radius 1 is 0.618 bits per heavy atom. The summed E-state index contributed by atoms with van der Waals surface area (Å²) in [6.07, 6.45) is 0. The number of hydrogen-bond donors (Lipinski definition) is 0. The minimum atomic E-state index is -0.817. The van der Waals surface area contributed by atoms with E-state index in [-0.39, 0.29) is 35.9 Å². The number of carbonyl (C=O) groups excluding carboxylic acids is 4. The minimum Gasteiger partial charge on any atom is -0.464 e. The fourth-order valence-corrected chi connectivity index (χ4v) is 3.01. The topological polar surface area (TPSA) is 167 Å². The molecule has 0 atom stereocenters. The summed E-state index contributed by atoms with van der Waals surface area (Å²) in [5.74, 6) is -3.21. The summed E-state index contributed by atoms with van der Waals surface area (Å²) < 4.78 is 21.2. The first kappa shape index (κ1) is 24.0. The van der Waals surface area contributed by atoms with Crippen LogP contribution in [-0.2, 0) is 32.0 Å². The summed E-state index contributed by atoms with van der Waals surface area (Å²) >= 11 is 0. The van der Waals surface area contributed by atoms with E-state index in [1.807, 2.05) is 0 Å². The second-order valence-electron chi connectivity index (χ2n) is 6.67. The molecule has 0 spiro atoms. The largest absolute Gasteiger partial charge is 0.464 e. The molecule has 14 heteroatoms. The minimum absolute atomic E-state index is 0.109. The average molecular weight is 472 g/mol. The van der Waals surface area contributed by atoms with Crippen molar-refractivity contribution in [3.05, 3.63) is 58.2 Å². The molecule has 0 aliphatic rings. The number of esters is 4. The highest BCUT2D eigenvalue weighted by Crippen LogP contribution is 2.15. The van der Waals surface area contributed by atoms with Crippen molar-refractivity contribution >= 4 is 23.9 Å². The Bertz CT molecular complexity index is 1140. The fraction of sp³-hybridized carbons (Fsp3) is 0.300. The number of rotatable bonds is 8. The first-order valence-electron chi connectivity index (χ1n) is 9.62. The van der Waals surface area contributed by atoms with Crippen molar-refractivity contribution in [2.24, 2.45) is 0 Å². The maximum absolute atomic E-state index is 12.2. The summed E-state index contributed by atoms with van der Waals surface area (Å²) in [4.78, 5) is 48.1. The van der Waals surface area contributed by atoms with Crippen LogP contribution in [0.15, 0.2) is 24.3 Å². The van der Waals surface area contributed by atoms with E-state index in [0.29, 0.717) is 0 Å². The van der Waals surface area contributed by atoms with Crippen LogP contribution in [0, 0.1) is 0 Å². The van der Waals surface area contributed by atoms with E-state index in [2.05, 4.69) is 30.1 Å². The molecule has 0 aliphatic heterocycles. The van der Waals surface area contributed by atoms with Crippen LogP contribution in [0.5, 0.6) is 0 Å². The molecule has 178 valence electrons. The van der Waals surface area contributed by atoms with Crippen molar-refractivity contribution in [3.63, 3.8) is 0 Å². The van der Waals surface area contributed by atoms with Crippen LogP contribution in [0.1, 0.15) is 53.1 Å². The Morgan fingerprint density at radius 2 is 0.941 bits per heavy atom. The van der Waals surface area contributed by atoms with E-state index < -0.39 is 23.9 Å². The number of carbonyl (C=O) groups is 4. The lowest BCUT2D eigenvalue weighted by Crippen LogP contribution is -2.17. The standard InChI is InChI=1S/C20H20N6O8/c1-31-17(27)13-15(19(29)33-3)25(23-21-13)9-11-5-7-12(8-6-11)10-26-16(20(30)34-4)14(22-24-26)18(28)32-2/h5-8H,9-10H2,1-4H3. The van der Waals surface area contributed by atoms with Gasteiger partial charge in [0.15, 0.2) is 11.4 Å². The number of hydrogen-bond acceptors (Lipinski definition) is 12. The molecule has 0 saturated carbocycles. The molecule has 0 unspecified atom stereocenters. The molecule has 0 saturated heterocycles. The van der Waals surface area contributed by atoms with Gasteiger partial charge in [0, 0.05) is 0 Å². The van der Waals surface area contributed by atoms with Gasteiger partial charge in [0.25, 0.3) is 0 Å². The number of methoxy groups -OCH3 is 4. The van der Waals surface area contributed by atoms with Gasteiger partial charge < -0.3 is 18.9 Å². The number of ether oxygens (including phenoxy) is 4. The highest BCUT2D eigenvalue weighted by Gasteiger charge is 2.28. The Kier molecular flexibility index (Phi) is 7.30. The molecule has 2 heterocycles. The van der Waals surface area contributed by atoms with Crippen molar-refractivity contribution in [1.29, 1.82) is 0 Å². The third-order valence-electron chi connectivity index (χ3n) is 4.67. The van der Waals surface area contributed by atoms with E-state index in [1.165, 1.54) is 23.6 Å². The number of benzene rings is 1. The predicted octanol–water partition coefficient (Wildman–Crippen LogP) is 0.113. The van der Waals surface area contributed by atoms with Gasteiger partial charge in [-0.05, 0) is 11.1 Å². The van der Waals surface area contributed by atoms with Gasteiger partial charge in [0.05, 0.1) is 41.5 Å². The molecular formula is C20H20N6O8. The van der Waals surface area contributed by atoms with Crippen molar-refractivity contribution in [2.45, 2.75) is 13.1 Å². The second-order valence-corrected chi connectivity index (χ2v) is 6.67. The van der Waals surface area contributed by atoms with Gasteiger partial charge in [-0.2, -0.15) is 0 Å². The first-order chi connectivity index (χ1) is 16.3. The Hall–Kier alpha value is -4.62. The van der Waals surface area contributed by atoms with Crippen LogP contribution in [0.25, 0.3) is 0 Å². The highest BCUT2D eigenvalue weighted by molar-refractivity contribution is 6.01. The van der Waals surface area contributed by atoms with Gasteiger partial charge in [-0.25, -0.2) is 28.5 Å². The van der Waals surface area contributed by atoms with Crippen molar-refractivity contribution in [3.8, 4) is 0 Å². The maximum Gasteiger partial charge on any atom is 0.361 e. The molecule has 0 amide bonds. The molecule has 0 N–H and O–H groups in total. The lowest BCUT2D eigenvalue weighted by Gasteiger charge is -2.08. The molecule has 2 aromatic heterocycles. The van der Waals surface area contributed by atoms with Crippen LogP contribution in [0.2, 0.25) is 0 Å². The van der Waals surface area contributed by atoms with Gasteiger partial charge in [-0.1, -0.05) is 34.7 Å². The Morgan fingerprint density at radius 3 is 1.24 bits per heavy atom. The predicted molar refractivity (Wildman–Crippen MR) is 110 cm³/mol. The first-order valence-corrected chi connectivity index (χ1v) is 9.62. The lowest BCUT2D eigenvalue weighted by atomic mass is 10.1. The third-order valence-corrected chi connectivity index (χ3v) is 4.67.